The van der Waals surface area contributed by atoms with E-state index in [0.29, 0.717) is 18.4 Å². The number of nitrogens with zero attached hydrogens (tertiary/aromatic N) is 6. The minimum absolute atomic E-state index is 0.0731. The molecule has 7 nitrogen and oxygen atoms in total. The molecule has 1 aromatic rings. The van der Waals surface area contributed by atoms with Crippen molar-refractivity contribution in [2.24, 2.45) is 10.9 Å². The van der Waals surface area contributed by atoms with E-state index in [0.717, 1.165) is 30.4 Å². The van der Waals surface area contributed by atoms with Crippen molar-refractivity contribution in [3.8, 4) is 0 Å². The van der Waals surface area contributed by atoms with Crippen LogP contribution in [0.3, 0.4) is 0 Å². The van der Waals surface area contributed by atoms with Crippen LogP contribution in [0.1, 0.15) is 26.7 Å². The van der Waals surface area contributed by atoms with Crippen molar-refractivity contribution >= 4 is 29.2 Å². The van der Waals surface area contributed by atoms with E-state index in [1.54, 1.807) is 18.1 Å². The van der Waals surface area contributed by atoms with E-state index >= 15 is 0 Å². The quantitative estimate of drug-likeness (QED) is 0.841. The van der Waals surface area contributed by atoms with Gasteiger partial charge in [-0.2, -0.15) is 4.98 Å². The third-order valence-electron chi connectivity index (χ3n) is 4.73. The largest absolute Gasteiger partial charge is 0.343 e. The fraction of sp³-hybridized carbons (Fsp3) is 0.625. The maximum atomic E-state index is 12.2. The van der Waals surface area contributed by atoms with Crippen molar-refractivity contribution in [1.29, 1.82) is 0 Å². The average Bonchev–Trinajstić information content (AvgIpc) is 3.27. The van der Waals surface area contributed by atoms with Crippen molar-refractivity contribution in [1.82, 2.24) is 9.97 Å². The van der Waals surface area contributed by atoms with Gasteiger partial charge in [0.1, 0.15) is 11.5 Å². The predicted molar refractivity (Wildman–Crippen MR) is 90.3 cm³/mol. The maximum Gasteiger partial charge on any atom is 0.246 e. The van der Waals surface area contributed by atoms with Crippen LogP contribution in [-0.4, -0.2) is 54.4 Å². The van der Waals surface area contributed by atoms with Gasteiger partial charge < -0.3 is 9.80 Å². The van der Waals surface area contributed by atoms with Crippen LogP contribution in [0.4, 0.5) is 17.5 Å². The van der Waals surface area contributed by atoms with E-state index in [4.69, 9.17) is 4.98 Å². The SMILES string of the molecule is CC(C)N1CC(=O)N(C)c2cnc(N3CCN=C3C3CC3)nc21. The van der Waals surface area contributed by atoms with Crippen molar-refractivity contribution in [2.75, 3.05) is 41.4 Å². The maximum absolute atomic E-state index is 12.2. The molecule has 7 heteroatoms. The zero-order valence-corrected chi connectivity index (χ0v) is 13.9. The Bertz CT molecular complexity index is 681. The fourth-order valence-electron chi connectivity index (χ4n) is 3.18. The molecule has 1 fully saturated rings. The van der Waals surface area contributed by atoms with Crippen molar-refractivity contribution in [3.63, 3.8) is 0 Å². The molecule has 4 rings (SSSR count). The minimum atomic E-state index is 0.0731. The van der Waals surface area contributed by atoms with E-state index in [2.05, 4.69) is 28.7 Å². The highest BCUT2D eigenvalue weighted by molar-refractivity contribution is 6.03. The summed E-state index contributed by atoms with van der Waals surface area (Å²) < 4.78 is 0. The third kappa shape index (κ3) is 2.34. The molecule has 3 aliphatic rings. The summed E-state index contributed by atoms with van der Waals surface area (Å²) in [5.74, 6) is 3.35. The highest BCUT2D eigenvalue weighted by atomic mass is 16.2. The lowest BCUT2D eigenvalue weighted by atomic mass is 10.2. The topological polar surface area (TPSA) is 64.9 Å². The number of amidine groups is 1. The lowest BCUT2D eigenvalue weighted by Crippen LogP contribution is -2.47. The highest BCUT2D eigenvalue weighted by Crippen LogP contribution is 2.37. The summed E-state index contributed by atoms with van der Waals surface area (Å²) in [4.78, 5) is 32.0. The molecule has 1 saturated carbocycles. The molecule has 0 unspecified atom stereocenters. The van der Waals surface area contributed by atoms with Gasteiger partial charge >= 0.3 is 0 Å². The highest BCUT2D eigenvalue weighted by Gasteiger charge is 2.36. The Kier molecular flexibility index (Phi) is 3.25. The third-order valence-corrected chi connectivity index (χ3v) is 4.73. The van der Waals surface area contributed by atoms with Crippen molar-refractivity contribution < 1.29 is 4.79 Å². The van der Waals surface area contributed by atoms with Crippen LogP contribution < -0.4 is 14.7 Å². The second-order valence-electron chi connectivity index (χ2n) is 6.72. The fourth-order valence-corrected chi connectivity index (χ4v) is 3.18. The van der Waals surface area contributed by atoms with Gasteiger partial charge in [0.15, 0.2) is 5.82 Å². The molecule has 1 amide bonds. The number of hydrogen-bond donors (Lipinski definition) is 0. The van der Waals surface area contributed by atoms with Crippen LogP contribution in [0, 0.1) is 5.92 Å². The molecule has 0 N–H and O–H groups in total. The van der Waals surface area contributed by atoms with E-state index < -0.39 is 0 Å². The number of anilines is 3. The van der Waals surface area contributed by atoms with Crippen LogP contribution in [0.25, 0.3) is 0 Å². The number of carbonyl (C=O) groups excluding carboxylic acids is 1. The molecule has 1 aliphatic carbocycles. The lowest BCUT2D eigenvalue weighted by Gasteiger charge is -2.37. The summed E-state index contributed by atoms with van der Waals surface area (Å²) in [7, 11) is 1.79. The number of likely N-dealkylation sites (N-methyl/N-ethyl adjacent to an activating group) is 1. The zero-order chi connectivity index (χ0) is 16.1. The summed E-state index contributed by atoms with van der Waals surface area (Å²) in [6.07, 6.45) is 4.21. The number of fused-ring (bicyclic) bond motifs is 1. The Hall–Kier alpha value is -2.18. The summed E-state index contributed by atoms with van der Waals surface area (Å²) in [5.41, 5.74) is 0.780. The van der Waals surface area contributed by atoms with Crippen LogP contribution >= 0.6 is 0 Å². The number of rotatable bonds is 3. The first-order valence-electron chi connectivity index (χ1n) is 8.28. The molecular weight excluding hydrogens is 292 g/mol. The molecule has 0 aromatic carbocycles. The lowest BCUT2D eigenvalue weighted by molar-refractivity contribution is -0.117. The van der Waals surface area contributed by atoms with Crippen molar-refractivity contribution in [2.45, 2.75) is 32.7 Å². The van der Waals surface area contributed by atoms with Gasteiger partial charge in [0.25, 0.3) is 0 Å². The van der Waals surface area contributed by atoms with Gasteiger partial charge in [-0.1, -0.05) is 0 Å². The second-order valence-corrected chi connectivity index (χ2v) is 6.72. The number of hydrogen-bond acceptors (Lipinski definition) is 6. The molecule has 1 aromatic heterocycles. The van der Waals surface area contributed by atoms with Crippen LogP contribution in [0.2, 0.25) is 0 Å². The van der Waals surface area contributed by atoms with Gasteiger partial charge in [-0.25, -0.2) is 4.98 Å². The number of carbonyl (C=O) groups is 1. The Labute approximate surface area is 136 Å². The van der Waals surface area contributed by atoms with Gasteiger partial charge in [0.05, 0.1) is 19.3 Å². The Morgan fingerprint density at radius 2 is 2.09 bits per heavy atom. The molecule has 3 heterocycles. The Morgan fingerprint density at radius 3 is 2.78 bits per heavy atom. The van der Waals surface area contributed by atoms with E-state index in [-0.39, 0.29) is 11.9 Å². The van der Waals surface area contributed by atoms with E-state index in [1.165, 1.54) is 12.8 Å². The molecule has 0 radical (unpaired) electrons. The monoisotopic (exact) mass is 314 g/mol. The summed E-state index contributed by atoms with van der Waals surface area (Å²) in [5, 5.41) is 0. The van der Waals surface area contributed by atoms with Gasteiger partial charge in [0, 0.05) is 25.6 Å². The molecule has 0 bridgehead atoms. The van der Waals surface area contributed by atoms with E-state index in [1.807, 2.05) is 4.90 Å². The Balaban J connectivity index is 1.73. The second kappa shape index (κ2) is 5.18. The molecular formula is C16H22N6O. The van der Waals surface area contributed by atoms with Gasteiger partial charge in [0.2, 0.25) is 11.9 Å². The Morgan fingerprint density at radius 1 is 1.30 bits per heavy atom. The smallest absolute Gasteiger partial charge is 0.246 e. The van der Waals surface area contributed by atoms with Crippen LogP contribution in [0.5, 0.6) is 0 Å². The first-order valence-corrected chi connectivity index (χ1v) is 8.28. The standard InChI is InChI=1S/C16H22N6O/c1-10(2)22-9-13(23)20(3)12-8-18-16(19-15(12)22)21-7-6-17-14(21)11-4-5-11/h8,10-11H,4-7,9H2,1-3H3. The summed E-state index contributed by atoms with van der Waals surface area (Å²) in [6, 6.07) is 0.212. The van der Waals surface area contributed by atoms with Gasteiger partial charge in [-0.05, 0) is 26.7 Å². The zero-order valence-electron chi connectivity index (χ0n) is 13.9. The van der Waals surface area contributed by atoms with Gasteiger partial charge in [-0.15, -0.1) is 0 Å². The average molecular weight is 314 g/mol. The molecule has 0 atom stereocenters. The van der Waals surface area contributed by atoms with Crippen molar-refractivity contribution in [3.05, 3.63) is 6.20 Å². The van der Waals surface area contributed by atoms with Crippen LogP contribution in [-0.2, 0) is 4.79 Å². The summed E-state index contributed by atoms with van der Waals surface area (Å²) in [6.45, 7) is 6.19. The minimum Gasteiger partial charge on any atom is -0.343 e. The molecule has 2 aliphatic heterocycles. The predicted octanol–water partition coefficient (Wildman–Crippen LogP) is 1.30. The first kappa shape index (κ1) is 14.4. The molecule has 0 spiro atoms. The van der Waals surface area contributed by atoms with Gasteiger partial charge in [-0.3, -0.25) is 14.7 Å². The normalized spacial score (nSPS) is 21.1. The molecule has 122 valence electrons. The number of amides is 1. The molecule has 0 saturated heterocycles. The van der Waals surface area contributed by atoms with E-state index in [9.17, 15) is 4.79 Å². The summed E-state index contributed by atoms with van der Waals surface area (Å²) >= 11 is 0. The van der Waals surface area contributed by atoms with Crippen LogP contribution in [0.15, 0.2) is 11.2 Å². The first-order chi connectivity index (χ1) is 11.1. The number of aliphatic imine (C=N–C) groups is 1. The number of aromatic nitrogens is 2. The molecule has 23 heavy (non-hydrogen) atoms.